The molecule has 1 aromatic carbocycles. The van der Waals surface area contributed by atoms with Gasteiger partial charge in [0.1, 0.15) is 6.04 Å². The number of halogens is 1. The van der Waals surface area contributed by atoms with Gasteiger partial charge in [0.2, 0.25) is 0 Å². The maximum atomic E-state index is 12.7. The molecule has 26 heavy (non-hydrogen) atoms. The van der Waals surface area contributed by atoms with Gasteiger partial charge in [-0.3, -0.25) is 9.69 Å². The zero-order chi connectivity index (χ0) is 18.7. The first-order valence-electron chi connectivity index (χ1n) is 8.44. The maximum absolute atomic E-state index is 12.7. The second-order valence-corrected chi connectivity index (χ2v) is 7.51. The summed E-state index contributed by atoms with van der Waals surface area (Å²) in [4.78, 5) is 27.1. The molecule has 0 fully saturated rings. The van der Waals surface area contributed by atoms with E-state index in [9.17, 15) is 9.59 Å². The first kappa shape index (κ1) is 18.9. The van der Waals surface area contributed by atoms with Crippen molar-refractivity contribution in [3.63, 3.8) is 0 Å². The Balaban J connectivity index is 1.88. The molecule has 0 bridgehead atoms. The van der Waals surface area contributed by atoms with Crippen LogP contribution >= 0.6 is 22.9 Å². The van der Waals surface area contributed by atoms with E-state index in [1.807, 2.05) is 24.3 Å². The van der Waals surface area contributed by atoms with E-state index in [0.29, 0.717) is 29.8 Å². The predicted molar refractivity (Wildman–Crippen MR) is 101 cm³/mol. The Hall–Kier alpha value is -1.89. The maximum Gasteiger partial charge on any atom is 0.328 e. The molecule has 0 radical (unpaired) electrons. The molecule has 1 aliphatic rings. The highest BCUT2D eigenvalue weighted by atomic mass is 35.5. The van der Waals surface area contributed by atoms with Crippen LogP contribution in [0.25, 0.3) is 0 Å². The molecular formula is C19H20ClNO4S. The lowest BCUT2D eigenvalue weighted by atomic mass is 10.0. The lowest BCUT2D eigenvalue weighted by Crippen LogP contribution is -2.38. The number of carbonyl (C=O) groups is 2. The average Bonchev–Trinajstić information content (AvgIpc) is 2.98. The third-order valence-corrected chi connectivity index (χ3v) is 5.65. The standard InChI is InChI=1S/C19H20ClNO4S/c1-3-24-19(23)18(14-6-4-5-7-15(14)20)21-9-8-16-13(11-21)10-17(26-16)25-12(2)22/h4-7,10,18H,3,8-9,11H2,1-2H3. The van der Waals surface area contributed by atoms with Crippen LogP contribution in [0.3, 0.4) is 0 Å². The highest BCUT2D eigenvalue weighted by Gasteiger charge is 2.33. The molecule has 5 nitrogen and oxygen atoms in total. The Morgan fingerprint density at radius 3 is 2.81 bits per heavy atom. The summed E-state index contributed by atoms with van der Waals surface area (Å²) in [6.07, 6.45) is 0.779. The van der Waals surface area contributed by atoms with Crippen molar-refractivity contribution >= 4 is 34.9 Å². The van der Waals surface area contributed by atoms with Crippen LogP contribution in [0.15, 0.2) is 30.3 Å². The Morgan fingerprint density at radius 1 is 1.35 bits per heavy atom. The molecule has 1 aromatic heterocycles. The highest BCUT2D eigenvalue weighted by molar-refractivity contribution is 7.14. The van der Waals surface area contributed by atoms with Crippen molar-refractivity contribution in [1.82, 2.24) is 4.90 Å². The number of esters is 2. The predicted octanol–water partition coefficient (Wildman–Crippen LogP) is 3.99. The van der Waals surface area contributed by atoms with Gasteiger partial charge in [-0.05, 0) is 36.6 Å². The Morgan fingerprint density at radius 2 is 2.12 bits per heavy atom. The van der Waals surface area contributed by atoms with E-state index in [-0.39, 0.29) is 11.9 Å². The molecule has 0 amide bonds. The summed E-state index contributed by atoms with van der Waals surface area (Å²) < 4.78 is 10.5. The molecule has 1 aliphatic heterocycles. The number of carbonyl (C=O) groups excluding carboxylic acids is 2. The smallest absolute Gasteiger partial charge is 0.328 e. The summed E-state index contributed by atoms with van der Waals surface area (Å²) in [5, 5.41) is 1.14. The fraction of sp³-hybridized carbons (Fsp3) is 0.368. The second-order valence-electron chi connectivity index (χ2n) is 6.00. The lowest BCUT2D eigenvalue weighted by molar-refractivity contribution is -0.150. The van der Waals surface area contributed by atoms with Gasteiger partial charge in [0.05, 0.1) is 6.61 Å². The van der Waals surface area contributed by atoms with Crippen molar-refractivity contribution in [1.29, 1.82) is 0 Å². The normalized spacial score (nSPS) is 15.2. The fourth-order valence-electron chi connectivity index (χ4n) is 3.13. The van der Waals surface area contributed by atoms with Crippen LogP contribution in [0.1, 0.15) is 35.9 Å². The Bertz CT molecular complexity index is 820. The minimum absolute atomic E-state index is 0.306. The van der Waals surface area contributed by atoms with Crippen LogP contribution in [0.5, 0.6) is 5.06 Å². The van der Waals surface area contributed by atoms with Gasteiger partial charge in [0, 0.05) is 29.9 Å². The molecule has 3 rings (SSSR count). The van der Waals surface area contributed by atoms with Crippen molar-refractivity contribution in [3.05, 3.63) is 51.4 Å². The van der Waals surface area contributed by atoms with E-state index in [4.69, 9.17) is 21.1 Å². The SMILES string of the molecule is CCOC(=O)C(c1ccccc1Cl)N1CCc2sc(OC(C)=O)cc2C1. The molecule has 138 valence electrons. The van der Waals surface area contributed by atoms with E-state index in [0.717, 1.165) is 17.5 Å². The molecule has 2 heterocycles. The monoisotopic (exact) mass is 393 g/mol. The van der Waals surface area contributed by atoms with E-state index in [2.05, 4.69) is 4.90 Å². The van der Waals surface area contributed by atoms with Crippen molar-refractivity contribution in [2.75, 3.05) is 13.2 Å². The zero-order valence-corrected chi connectivity index (χ0v) is 16.2. The molecule has 0 saturated carbocycles. The first-order chi connectivity index (χ1) is 12.5. The molecule has 0 spiro atoms. The van der Waals surface area contributed by atoms with Gasteiger partial charge >= 0.3 is 11.9 Å². The second kappa shape index (κ2) is 8.20. The van der Waals surface area contributed by atoms with Gasteiger partial charge in [-0.1, -0.05) is 29.8 Å². The highest BCUT2D eigenvalue weighted by Crippen LogP contribution is 2.37. The quantitative estimate of drug-likeness (QED) is 0.719. The molecule has 0 N–H and O–H groups in total. The van der Waals surface area contributed by atoms with Crippen molar-refractivity contribution < 1.29 is 19.1 Å². The largest absolute Gasteiger partial charge is 0.465 e. The van der Waals surface area contributed by atoms with Crippen LogP contribution < -0.4 is 4.74 Å². The minimum atomic E-state index is -0.561. The van der Waals surface area contributed by atoms with Gasteiger partial charge in [-0.15, -0.1) is 11.3 Å². The number of ether oxygens (including phenoxy) is 2. The van der Waals surface area contributed by atoms with Crippen LogP contribution in [-0.2, 0) is 27.3 Å². The third-order valence-electron chi connectivity index (χ3n) is 4.19. The summed E-state index contributed by atoms with van der Waals surface area (Å²) in [7, 11) is 0. The first-order valence-corrected chi connectivity index (χ1v) is 9.64. The minimum Gasteiger partial charge on any atom is -0.465 e. The molecule has 0 saturated heterocycles. The molecule has 1 unspecified atom stereocenters. The van der Waals surface area contributed by atoms with Gasteiger partial charge in [0.25, 0.3) is 0 Å². The lowest BCUT2D eigenvalue weighted by Gasteiger charge is -2.33. The summed E-state index contributed by atoms with van der Waals surface area (Å²) in [6.45, 7) is 4.76. The zero-order valence-electron chi connectivity index (χ0n) is 14.7. The number of nitrogens with zero attached hydrogens (tertiary/aromatic N) is 1. The van der Waals surface area contributed by atoms with Crippen molar-refractivity contribution in [2.24, 2.45) is 0 Å². The number of benzene rings is 1. The topological polar surface area (TPSA) is 55.8 Å². The Labute approximate surface area is 161 Å². The van der Waals surface area contributed by atoms with E-state index in [1.165, 1.54) is 23.1 Å². The fourth-order valence-corrected chi connectivity index (χ4v) is 4.42. The summed E-state index contributed by atoms with van der Waals surface area (Å²) in [5.74, 6) is -0.639. The number of fused-ring (bicyclic) bond motifs is 1. The Kier molecular flexibility index (Phi) is 5.96. The van der Waals surface area contributed by atoms with Crippen molar-refractivity contribution in [2.45, 2.75) is 32.9 Å². The van der Waals surface area contributed by atoms with Crippen LogP contribution in [-0.4, -0.2) is 30.0 Å². The number of thiophene rings is 1. The number of hydrogen-bond acceptors (Lipinski definition) is 6. The molecule has 7 heteroatoms. The van der Waals surface area contributed by atoms with Crippen LogP contribution in [0.2, 0.25) is 5.02 Å². The number of rotatable bonds is 5. The summed E-state index contributed by atoms with van der Waals surface area (Å²) in [6, 6.07) is 8.66. The van der Waals surface area contributed by atoms with Gasteiger partial charge in [-0.25, -0.2) is 4.79 Å². The van der Waals surface area contributed by atoms with Gasteiger partial charge < -0.3 is 9.47 Å². The summed E-state index contributed by atoms with van der Waals surface area (Å²) in [5.41, 5.74) is 1.81. The molecule has 2 aromatic rings. The molecule has 0 aliphatic carbocycles. The van der Waals surface area contributed by atoms with Crippen LogP contribution in [0, 0.1) is 0 Å². The van der Waals surface area contributed by atoms with E-state index in [1.54, 1.807) is 13.0 Å². The van der Waals surface area contributed by atoms with E-state index >= 15 is 0 Å². The van der Waals surface area contributed by atoms with Crippen LogP contribution in [0.4, 0.5) is 0 Å². The average molecular weight is 394 g/mol. The van der Waals surface area contributed by atoms with Gasteiger partial charge in [-0.2, -0.15) is 0 Å². The summed E-state index contributed by atoms with van der Waals surface area (Å²) >= 11 is 7.84. The number of hydrogen-bond donors (Lipinski definition) is 0. The van der Waals surface area contributed by atoms with E-state index < -0.39 is 6.04 Å². The third kappa shape index (κ3) is 4.09. The van der Waals surface area contributed by atoms with Gasteiger partial charge in [0.15, 0.2) is 5.06 Å². The molecule has 1 atom stereocenters. The molecular weight excluding hydrogens is 374 g/mol. The van der Waals surface area contributed by atoms with Crippen molar-refractivity contribution in [3.8, 4) is 5.06 Å².